The Kier molecular flexibility index (Phi) is 9.37. The summed E-state index contributed by atoms with van der Waals surface area (Å²) >= 11 is 0. The molecule has 6 heteroatoms. The molecule has 1 saturated heterocycles. The normalized spacial score (nSPS) is 17.5. The highest BCUT2D eigenvalue weighted by Crippen LogP contribution is 2.35. The van der Waals surface area contributed by atoms with Crippen LogP contribution in [0.1, 0.15) is 56.6 Å². The van der Waals surface area contributed by atoms with E-state index in [1.54, 1.807) is 6.07 Å². The lowest BCUT2D eigenvalue weighted by atomic mass is 9.90. The molecule has 1 aliphatic rings. The molecule has 38 heavy (non-hydrogen) atoms. The van der Waals surface area contributed by atoms with Crippen molar-refractivity contribution in [1.29, 1.82) is 0 Å². The predicted molar refractivity (Wildman–Crippen MR) is 141 cm³/mol. The lowest BCUT2D eigenvalue weighted by Gasteiger charge is -2.29. The molecular formula is C32H33F5O. The van der Waals surface area contributed by atoms with Crippen molar-refractivity contribution in [2.45, 2.75) is 64.4 Å². The van der Waals surface area contributed by atoms with E-state index in [1.807, 2.05) is 13.0 Å². The van der Waals surface area contributed by atoms with Crippen LogP contribution in [0.5, 0.6) is 0 Å². The zero-order chi connectivity index (χ0) is 27.2. The van der Waals surface area contributed by atoms with Crippen LogP contribution in [0.2, 0.25) is 0 Å². The largest absolute Gasteiger partial charge is 0.378 e. The van der Waals surface area contributed by atoms with Crippen LogP contribution in [0.4, 0.5) is 22.0 Å². The van der Waals surface area contributed by atoms with Crippen molar-refractivity contribution < 1.29 is 26.7 Å². The second kappa shape index (κ2) is 12.7. The molecule has 2 unspecified atom stereocenters. The topological polar surface area (TPSA) is 9.23 Å². The summed E-state index contributed by atoms with van der Waals surface area (Å²) in [5.74, 6) is -5.05. The number of hydrogen-bond acceptors (Lipinski definition) is 1. The Balaban J connectivity index is 1.49. The number of benzene rings is 3. The fraction of sp³-hybridized carbons (Fsp3) is 0.375. The Morgan fingerprint density at radius 3 is 2.11 bits per heavy atom. The Labute approximate surface area is 221 Å². The van der Waals surface area contributed by atoms with Crippen LogP contribution in [0, 0.1) is 35.0 Å². The van der Waals surface area contributed by atoms with Crippen molar-refractivity contribution in [1.82, 2.24) is 0 Å². The lowest BCUT2D eigenvalue weighted by Crippen LogP contribution is -2.26. The molecule has 0 spiro atoms. The summed E-state index contributed by atoms with van der Waals surface area (Å²) in [6, 6.07) is 9.41. The van der Waals surface area contributed by atoms with Crippen LogP contribution in [-0.2, 0) is 17.6 Å². The molecule has 1 fully saturated rings. The smallest absolute Gasteiger partial charge is 0.167 e. The summed E-state index contributed by atoms with van der Waals surface area (Å²) in [5.41, 5.74) is -0.0262. The number of ether oxygens (including phenoxy) is 1. The van der Waals surface area contributed by atoms with E-state index in [1.165, 1.54) is 30.3 Å². The molecule has 0 saturated carbocycles. The molecule has 202 valence electrons. The standard InChI is InChI=1S/C32H33F5O/c1-3-5-7-24-14-9-20(19-38-24)8-10-22-13-15-26(31(36)29(22)34)27-17-16-25(30(35)32(27)37)23-12-11-21(6-4-2)28(33)18-23/h3,11-13,15-18,20,24H,1,4-10,14,19H2,2H3. The molecule has 0 aliphatic carbocycles. The van der Waals surface area contributed by atoms with Gasteiger partial charge in [-0.25, -0.2) is 22.0 Å². The highest BCUT2D eigenvalue weighted by molar-refractivity contribution is 5.72. The van der Waals surface area contributed by atoms with Gasteiger partial charge in [0.2, 0.25) is 0 Å². The summed E-state index contributed by atoms with van der Waals surface area (Å²) in [5, 5.41) is 0. The van der Waals surface area contributed by atoms with Gasteiger partial charge in [-0.05, 0) is 73.6 Å². The second-order valence-electron chi connectivity index (χ2n) is 10.0. The van der Waals surface area contributed by atoms with Gasteiger partial charge in [-0.2, -0.15) is 0 Å². The van der Waals surface area contributed by atoms with Crippen molar-refractivity contribution in [3.63, 3.8) is 0 Å². The zero-order valence-corrected chi connectivity index (χ0v) is 21.6. The fourth-order valence-electron chi connectivity index (χ4n) is 5.14. The zero-order valence-electron chi connectivity index (χ0n) is 21.6. The Morgan fingerprint density at radius 2 is 1.45 bits per heavy atom. The summed E-state index contributed by atoms with van der Waals surface area (Å²) < 4.78 is 80.3. The minimum Gasteiger partial charge on any atom is -0.378 e. The molecule has 3 aromatic rings. The predicted octanol–water partition coefficient (Wildman–Crippen LogP) is 9.36. The van der Waals surface area contributed by atoms with E-state index in [0.29, 0.717) is 31.4 Å². The maximum Gasteiger partial charge on any atom is 0.167 e. The van der Waals surface area contributed by atoms with Gasteiger partial charge in [0, 0.05) is 23.3 Å². The lowest BCUT2D eigenvalue weighted by molar-refractivity contribution is -0.0210. The molecule has 0 amide bonds. The van der Waals surface area contributed by atoms with Crippen LogP contribution >= 0.6 is 0 Å². The van der Waals surface area contributed by atoms with E-state index in [-0.39, 0.29) is 39.8 Å². The SMILES string of the molecule is C=CCCC1CCC(CCc2ccc(-c3ccc(-c4ccc(CCC)c(F)c4)c(F)c3F)c(F)c2F)CO1. The van der Waals surface area contributed by atoms with Crippen molar-refractivity contribution >= 4 is 0 Å². The third kappa shape index (κ3) is 6.17. The van der Waals surface area contributed by atoms with Gasteiger partial charge in [0.05, 0.1) is 6.10 Å². The average Bonchev–Trinajstić information content (AvgIpc) is 2.92. The van der Waals surface area contributed by atoms with Crippen LogP contribution in [0.15, 0.2) is 55.1 Å². The molecule has 0 aromatic heterocycles. The van der Waals surface area contributed by atoms with E-state index in [2.05, 4.69) is 6.58 Å². The van der Waals surface area contributed by atoms with Gasteiger partial charge < -0.3 is 4.74 Å². The minimum absolute atomic E-state index is 0.146. The van der Waals surface area contributed by atoms with Crippen LogP contribution in [0.25, 0.3) is 22.3 Å². The summed E-state index contributed by atoms with van der Waals surface area (Å²) in [4.78, 5) is 0. The molecule has 0 radical (unpaired) electrons. The Morgan fingerprint density at radius 1 is 0.789 bits per heavy atom. The Bertz CT molecular complexity index is 1280. The first-order valence-corrected chi connectivity index (χ1v) is 13.3. The average molecular weight is 529 g/mol. The maximum absolute atomic E-state index is 15.1. The molecule has 1 aliphatic heterocycles. The first kappa shape index (κ1) is 28.0. The van der Waals surface area contributed by atoms with E-state index < -0.39 is 29.1 Å². The second-order valence-corrected chi connectivity index (χ2v) is 10.0. The van der Waals surface area contributed by atoms with E-state index in [4.69, 9.17) is 4.74 Å². The summed E-state index contributed by atoms with van der Waals surface area (Å²) in [6.45, 7) is 6.23. The number of rotatable bonds is 10. The van der Waals surface area contributed by atoms with Crippen molar-refractivity contribution in [3.8, 4) is 22.3 Å². The number of halogens is 5. The number of hydrogen-bond donors (Lipinski definition) is 0. The minimum atomic E-state index is -1.31. The first-order valence-electron chi connectivity index (χ1n) is 13.3. The van der Waals surface area contributed by atoms with E-state index in [9.17, 15) is 8.78 Å². The number of aryl methyl sites for hydroxylation is 2. The monoisotopic (exact) mass is 528 g/mol. The fourth-order valence-corrected chi connectivity index (χ4v) is 5.14. The van der Waals surface area contributed by atoms with Crippen molar-refractivity contribution in [2.75, 3.05) is 6.61 Å². The van der Waals surface area contributed by atoms with Gasteiger partial charge in [-0.15, -0.1) is 6.58 Å². The van der Waals surface area contributed by atoms with E-state index >= 15 is 13.2 Å². The molecule has 0 bridgehead atoms. The van der Waals surface area contributed by atoms with Crippen LogP contribution < -0.4 is 0 Å². The van der Waals surface area contributed by atoms with E-state index in [0.717, 1.165) is 38.2 Å². The third-order valence-electron chi connectivity index (χ3n) is 7.40. The molecule has 2 atom stereocenters. The number of allylic oxidation sites excluding steroid dienone is 1. The molecule has 3 aromatic carbocycles. The summed E-state index contributed by atoms with van der Waals surface area (Å²) in [7, 11) is 0. The maximum atomic E-state index is 15.1. The van der Waals surface area contributed by atoms with Gasteiger partial charge in [-0.3, -0.25) is 0 Å². The molecule has 4 rings (SSSR count). The quantitative estimate of drug-likeness (QED) is 0.188. The van der Waals surface area contributed by atoms with Crippen LogP contribution in [-0.4, -0.2) is 12.7 Å². The highest BCUT2D eigenvalue weighted by Gasteiger charge is 2.24. The third-order valence-corrected chi connectivity index (χ3v) is 7.40. The van der Waals surface area contributed by atoms with Gasteiger partial charge in [-0.1, -0.05) is 55.8 Å². The highest BCUT2D eigenvalue weighted by atomic mass is 19.2. The first-order chi connectivity index (χ1) is 18.3. The molecule has 0 N–H and O–H groups in total. The van der Waals surface area contributed by atoms with Gasteiger partial charge >= 0.3 is 0 Å². The van der Waals surface area contributed by atoms with Gasteiger partial charge in [0.1, 0.15) is 5.82 Å². The molecule has 1 nitrogen and oxygen atoms in total. The van der Waals surface area contributed by atoms with Gasteiger partial charge in [0.25, 0.3) is 0 Å². The van der Waals surface area contributed by atoms with Crippen molar-refractivity contribution in [2.24, 2.45) is 5.92 Å². The van der Waals surface area contributed by atoms with Crippen molar-refractivity contribution in [3.05, 3.63) is 95.3 Å². The molecular weight excluding hydrogens is 495 g/mol. The molecule has 1 heterocycles. The van der Waals surface area contributed by atoms with Crippen LogP contribution in [0.3, 0.4) is 0 Å². The van der Waals surface area contributed by atoms with Gasteiger partial charge in [0.15, 0.2) is 23.3 Å². The summed E-state index contributed by atoms with van der Waals surface area (Å²) in [6.07, 6.45) is 8.10. The Hall–Kier alpha value is -2.99.